The van der Waals surface area contributed by atoms with Gasteiger partial charge >= 0.3 is 12.0 Å². The van der Waals surface area contributed by atoms with Gasteiger partial charge in [0.15, 0.2) is 6.10 Å². The van der Waals surface area contributed by atoms with E-state index >= 15 is 0 Å². The number of non-ortho nitro benzene ring substituents is 1. The molecule has 1 aromatic rings. The zero-order valence-corrected chi connectivity index (χ0v) is 15.2. The Labute approximate surface area is 150 Å². The smallest absolute Gasteiger partial charge is 0.341 e. The molecule has 0 spiro atoms. The van der Waals surface area contributed by atoms with Crippen molar-refractivity contribution in [1.29, 1.82) is 0 Å². The number of carbonyl (C=O) groups excluding carboxylic acids is 3. The Hall–Kier alpha value is -3.17. The van der Waals surface area contributed by atoms with Gasteiger partial charge in [-0.1, -0.05) is 0 Å². The monoisotopic (exact) mass is 366 g/mol. The van der Waals surface area contributed by atoms with E-state index in [0.29, 0.717) is 5.69 Å². The van der Waals surface area contributed by atoms with Crippen LogP contribution in [-0.2, 0) is 9.53 Å². The molecule has 0 aliphatic rings. The Bertz CT molecular complexity index is 726. The lowest BCUT2D eigenvalue weighted by Crippen LogP contribution is -2.50. The second kappa shape index (κ2) is 8.28. The average Bonchev–Trinajstić information content (AvgIpc) is 2.51. The van der Waals surface area contributed by atoms with E-state index in [4.69, 9.17) is 4.74 Å². The van der Waals surface area contributed by atoms with Gasteiger partial charge in [-0.3, -0.25) is 20.2 Å². The molecule has 0 bridgehead atoms. The summed E-state index contributed by atoms with van der Waals surface area (Å²) in [5.41, 5.74) is -0.633. The summed E-state index contributed by atoms with van der Waals surface area (Å²) in [4.78, 5) is 46.1. The van der Waals surface area contributed by atoms with Crippen molar-refractivity contribution in [2.24, 2.45) is 0 Å². The number of nitro benzene ring substituents is 1. The van der Waals surface area contributed by atoms with Crippen LogP contribution in [0.5, 0.6) is 0 Å². The van der Waals surface area contributed by atoms with Crippen LogP contribution in [0, 0.1) is 10.1 Å². The van der Waals surface area contributed by atoms with E-state index in [1.165, 1.54) is 26.1 Å². The van der Waals surface area contributed by atoms with Crippen molar-refractivity contribution in [3.05, 3.63) is 33.9 Å². The van der Waals surface area contributed by atoms with Crippen molar-refractivity contribution in [3.8, 4) is 0 Å². The molecule has 0 aromatic heterocycles. The highest BCUT2D eigenvalue weighted by Crippen LogP contribution is 2.23. The minimum atomic E-state index is -1.28. The summed E-state index contributed by atoms with van der Waals surface area (Å²) in [6, 6.07) is 2.91. The zero-order valence-electron chi connectivity index (χ0n) is 15.2. The van der Waals surface area contributed by atoms with E-state index in [0.717, 1.165) is 6.07 Å². The Morgan fingerprint density at radius 2 is 1.85 bits per heavy atom. The maximum atomic E-state index is 12.3. The highest BCUT2D eigenvalue weighted by atomic mass is 16.6. The van der Waals surface area contributed by atoms with Crippen LogP contribution in [-0.4, -0.2) is 41.5 Å². The summed E-state index contributed by atoms with van der Waals surface area (Å²) in [5, 5.41) is 18.2. The minimum absolute atomic E-state index is 0.0968. The number of nitro groups is 1. The molecule has 142 valence electrons. The van der Waals surface area contributed by atoms with Crippen molar-refractivity contribution in [2.75, 3.05) is 12.4 Å². The predicted molar refractivity (Wildman–Crippen MR) is 93.9 cm³/mol. The summed E-state index contributed by atoms with van der Waals surface area (Å²) >= 11 is 0. The molecule has 0 fully saturated rings. The standard InChI is InChI=1S/C16H22N4O6/c1-9(13(21)18-15(23)19-16(2,3)4)26-14(22)11-8-10(20(24)25)6-7-12(11)17-5/h6-9,17H,1-5H3,(H2,18,19,21,23)/t9-/m0/s1. The second-order valence-electron chi connectivity index (χ2n) is 6.48. The fourth-order valence-corrected chi connectivity index (χ4v) is 1.90. The first-order valence-corrected chi connectivity index (χ1v) is 7.75. The fraction of sp³-hybridized carbons (Fsp3) is 0.438. The number of imide groups is 1. The van der Waals surface area contributed by atoms with Gasteiger partial charge < -0.3 is 15.4 Å². The van der Waals surface area contributed by atoms with E-state index in [-0.39, 0.29) is 11.3 Å². The molecule has 3 amide bonds. The van der Waals surface area contributed by atoms with Crippen LogP contribution in [0.25, 0.3) is 0 Å². The summed E-state index contributed by atoms with van der Waals surface area (Å²) in [5.74, 6) is -1.76. The van der Waals surface area contributed by atoms with Crippen molar-refractivity contribution in [2.45, 2.75) is 39.3 Å². The molecule has 1 atom stereocenters. The molecule has 1 rings (SSSR count). The first kappa shape index (κ1) is 20.9. The number of hydrogen-bond acceptors (Lipinski definition) is 7. The lowest BCUT2D eigenvalue weighted by molar-refractivity contribution is -0.384. The normalized spacial score (nSPS) is 11.9. The van der Waals surface area contributed by atoms with Crippen LogP contribution in [0.2, 0.25) is 0 Å². The molecule has 3 N–H and O–H groups in total. The third-order valence-electron chi connectivity index (χ3n) is 3.08. The number of carbonyl (C=O) groups is 3. The van der Waals surface area contributed by atoms with E-state index < -0.39 is 34.5 Å². The van der Waals surface area contributed by atoms with Crippen molar-refractivity contribution < 1.29 is 24.0 Å². The first-order valence-electron chi connectivity index (χ1n) is 7.75. The van der Waals surface area contributed by atoms with E-state index in [9.17, 15) is 24.5 Å². The quantitative estimate of drug-likeness (QED) is 0.410. The molecular formula is C16H22N4O6. The molecule has 0 aliphatic carbocycles. The van der Waals surface area contributed by atoms with Gasteiger partial charge in [-0.15, -0.1) is 0 Å². The summed E-state index contributed by atoms with van der Waals surface area (Å²) in [7, 11) is 1.53. The maximum absolute atomic E-state index is 12.3. The number of ether oxygens (including phenoxy) is 1. The van der Waals surface area contributed by atoms with Gasteiger partial charge in [0.25, 0.3) is 11.6 Å². The number of anilines is 1. The van der Waals surface area contributed by atoms with Gasteiger partial charge in [0.2, 0.25) is 0 Å². The van der Waals surface area contributed by atoms with Crippen LogP contribution < -0.4 is 16.0 Å². The van der Waals surface area contributed by atoms with Gasteiger partial charge in [-0.25, -0.2) is 9.59 Å². The topological polar surface area (TPSA) is 140 Å². The third-order valence-corrected chi connectivity index (χ3v) is 3.08. The number of esters is 1. The van der Waals surface area contributed by atoms with Crippen LogP contribution in [0.4, 0.5) is 16.2 Å². The molecule has 1 aromatic carbocycles. The SMILES string of the molecule is CNc1ccc([N+](=O)[O-])cc1C(=O)O[C@@H](C)C(=O)NC(=O)NC(C)(C)C. The number of benzene rings is 1. The van der Waals surface area contributed by atoms with Gasteiger partial charge in [-0.2, -0.15) is 0 Å². The predicted octanol–water partition coefficient (Wildman–Crippen LogP) is 1.81. The minimum Gasteiger partial charge on any atom is -0.449 e. The van der Waals surface area contributed by atoms with Crippen LogP contribution >= 0.6 is 0 Å². The van der Waals surface area contributed by atoms with Crippen molar-refractivity contribution in [3.63, 3.8) is 0 Å². The van der Waals surface area contributed by atoms with Gasteiger partial charge in [0.05, 0.1) is 10.5 Å². The lowest BCUT2D eigenvalue weighted by atomic mass is 10.1. The number of nitrogens with zero attached hydrogens (tertiary/aromatic N) is 1. The molecule has 0 aliphatic heterocycles. The number of rotatable bonds is 5. The number of amides is 3. The largest absolute Gasteiger partial charge is 0.449 e. The highest BCUT2D eigenvalue weighted by molar-refractivity contribution is 6.00. The van der Waals surface area contributed by atoms with Crippen LogP contribution in [0.15, 0.2) is 18.2 Å². The Balaban J connectivity index is 2.83. The molecule has 0 radical (unpaired) electrons. The number of nitrogens with one attached hydrogen (secondary N) is 3. The Kier molecular flexibility index (Phi) is 6.64. The van der Waals surface area contributed by atoms with Crippen molar-refractivity contribution >= 4 is 29.3 Å². The van der Waals surface area contributed by atoms with Crippen LogP contribution in [0.1, 0.15) is 38.1 Å². The number of urea groups is 1. The third kappa shape index (κ3) is 6.04. The van der Waals surface area contributed by atoms with E-state index in [2.05, 4.69) is 16.0 Å². The summed E-state index contributed by atoms with van der Waals surface area (Å²) in [6.07, 6.45) is -1.28. The molecule has 0 saturated carbocycles. The van der Waals surface area contributed by atoms with E-state index in [1.807, 2.05) is 0 Å². The van der Waals surface area contributed by atoms with Gasteiger partial charge in [0, 0.05) is 30.4 Å². The van der Waals surface area contributed by atoms with Gasteiger partial charge in [0.1, 0.15) is 0 Å². The molecule has 10 heteroatoms. The Morgan fingerprint density at radius 1 is 1.23 bits per heavy atom. The Morgan fingerprint density at radius 3 is 2.35 bits per heavy atom. The van der Waals surface area contributed by atoms with E-state index in [1.54, 1.807) is 20.8 Å². The molecule has 0 unspecified atom stereocenters. The highest BCUT2D eigenvalue weighted by Gasteiger charge is 2.25. The first-order chi connectivity index (χ1) is 11.9. The summed E-state index contributed by atoms with van der Waals surface area (Å²) < 4.78 is 5.01. The molecular weight excluding hydrogens is 344 g/mol. The van der Waals surface area contributed by atoms with Crippen molar-refractivity contribution in [1.82, 2.24) is 10.6 Å². The fourth-order valence-electron chi connectivity index (χ4n) is 1.90. The molecule has 0 saturated heterocycles. The van der Waals surface area contributed by atoms with Crippen LogP contribution in [0.3, 0.4) is 0 Å². The molecule has 0 heterocycles. The zero-order chi connectivity index (χ0) is 20.1. The van der Waals surface area contributed by atoms with Gasteiger partial charge in [-0.05, 0) is 33.8 Å². The average molecular weight is 366 g/mol. The number of hydrogen-bond donors (Lipinski definition) is 3. The summed E-state index contributed by atoms with van der Waals surface area (Å²) in [6.45, 7) is 6.50. The maximum Gasteiger partial charge on any atom is 0.341 e. The molecule has 10 nitrogen and oxygen atoms in total. The molecule has 26 heavy (non-hydrogen) atoms. The second-order valence-corrected chi connectivity index (χ2v) is 6.48. The lowest BCUT2D eigenvalue weighted by Gasteiger charge is -2.21.